The first kappa shape index (κ1) is 12.9. The average molecular weight is 259 g/mol. The highest BCUT2D eigenvalue weighted by Crippen LogP contribution is 2.39. The van der Waals surface area contributed by atoms with Crippen molar-refractivity contribution in [3.05, 3.63) is 24.5 Å². The van der Waals surface area contributed by atoms with Gasteiger partial charge in [0.2, 0.25) is 0 Å². The lowest BCUT2D eigenvalue weighted by atomic mass is 9.94. The average Bonchev–Trinajstić information content (AvgIpc) is 3.25. The van der Waals surface area contributed by atoms with Crippen LogP contribution in [0.25, 0.3) is 0 Å². The molecule has 2 heterocycles. The topological polar surface area (TPSA) is 28.2 Å². The van der Waals surface area contributed by atoms with Gasteiger partial charge in [-0.25, -0.2) is 0 Å². The summed E-state index contributed by atoms with van der Waals surface area (Å²) in [6.07, 6.45) is 9.09. The van der Waals surface area contributed by atoms with Gasteiger partial charge in [-0.2, -0.15) is 0 Å². The number of piperidine rings is 1. The van der Waals surface area contributed by atoms with Gasteiger partial charge in [-0.3, -0.25) is 4.98 Å². The van der Waals surface area contributed by atoms with E-state index in [0.717, 1.165) is 19.0 Å². The predicted octanol–water partition coefficient (Wildman–Crippen LogP) is 2.83. The van der Waals surface area contributed by atoms with Gasteiger partial charge >= 0.3 is 0 Å². The molecule has 1 N–H and O–H groups in total. The molecular formula is C16H25N3. The largest absolute Gasteiger partial charge is 0.371 e. The Balaban J connectivity index is 1.52. The molecule has 0 unspecified atom stereocenters. The maximum atomic E-state index is 4.09. The van der Waals surface area contributed by atoms with Crippen LogP contribution in [0.1, 0.15) is 39.5 Å². The van der Waals surface area contributed by atoms with E-state index in [1.807, 2.05) is 12.4 Å². The zero-order valence-corrected chi connectivity index (χ0v) is 12.1. The van der Waals surface area contributed by atoms with Crippen LogP contribution < -0.4 is 10.2 Å². The molecule has 0 radical (unpaired) electrons. The second kappa shape index (κ2) is 5.12. The minimum absolute atomic E-state index is 0.337. The van der Waals surface area contributed by atoms with Crippen LogP contribution in [0.3, 0.4) is 0 Å². The van der Waals surface area contributed by atoms with Crippen molar-refractivity contribution in [2.24, 2.45) is 5.92 Å². The quantitative estimate of drug-likeness (QED) is 0.901. The Labute approximate surface area is 116 Å². The van der Waals surface area contributed by atoms with Crippen molar-refractivity contribution in [3.63, 3.8) is 0 Å². The number of nitrogens with one attached hydrogen (secondary N) is 1. The Morgan fingerprint density at radius 3 is 2.32 bits per heavy atom. The maximum Gasteiger partial charge on any atom is 0.0397 e. The molecular weight excluding hydrogens is 234 g/mol. The normalized spacial score (nSPS) is 21.7. The third kappa shape index (κ3) is 3.08. The van der Waals surface area contributed by atoms with Crippen LogP contribution in [-0.4, -0.2) is 29.7 Å². The van der Waals surface area contributed by atoms with Crippen LogP contribution in [0.5, 0.6) is 0 Å². The molecule has 3 heteroatoms. The maximum absolute atomic E-state index is 4.09. The summed E-state index contributed by atoms with van der Waals surface area (Å²) >= 11 is 0. The lowest BCUT2D eigenvalue weighted by Crippen LogP contribution is -2.51. The number of anilines is 1. The number of aromatic nitrogens is 1. The molecule has 3 nitrogen and oxygen atoms in total. The molecule has 0 atom stereocenters. The Hall–Kier alpha value is -1.09. The van der Waals surface area contributed by atoms with E-state index in [-0.39, 0.29) is 0 Å². The summed E-state index contributed by atoms with van der Waals surface area (Å²) < 4.78 is 0. The molecule has 1 aromatic rings. The minimum Gasteiger partial charge on any atom is -0.371 e. The van der Waals surface area contributed by atoms with E-state index in [1.165, 1.54) is 31.4 Å². The number of hydrogen-bond donors (Lipinski definition) is 1. The summed E-state index contributed by atoms with van der Waals surface area (Å²) in [6, 6.07) is 4.91. The highest BCUT2D eigenvalue weighted by molar-refractivity contribution is 5.44. The van der Waals surface area contributed by atoms with Crippen molar-refractivity contribution in [1.82, 2.24) is 10.3 Å². The molecule has 19 heavy (non-hydrogen) atoms. The van der Waals surface area contributed by atoms with Gasteiger partial charge in [-0.05, 0) is 57.6 Å². The van der Waals surface area contributed by atoms with Crippen LogP contribution in [0, 0.1) is 5.92 Å². The summed E-state index contributed by atoms with van der Waals surface area (Å²) in [7, 11) is 0. The van der Waals surface area contributed by atoms with E-state index in [2.05, 4.69) is 41.2 Å². The minimum atomic E-state index is 0.337. The predicted molar refractivity (Wildman–Crippen MR) is 79.4 cm³/mol. The van der Waals surface area contributed by atoms with Crippen LogP contribution in [0.15, 0.2) is 24.5 Å². The summed E-state index contributed by atoms with van der Waals surface area (Å²) in [6.45, 7) is 7.06. The van der Waals surface area contributed by atoms with E-state index >= 15 is 0 Å². The molecule has 1 aliphatic carbocycles. The van der Waals surface area contributed by atoms with Crippen LogP contribution in [-0.2, 0) is 0 Å². The summed E-state index contributed by atoms with van der Waals surface area (Å²) in [4.78, 5) is 6.57. The van der Waals surface area contributed by atoms with Crippen molar-refractivity contribution in [2.45, 2.75) is 51.1 Å². The van der Waals surface area contributed by atoms with E-state index < -0.39 is 0 Å². The molecule has 0 amide bonds. The third-order valence-corrected chi connectivity index (χ3v) is 4.70. The molecule has 3 rings (SSSR count). The SMILES string of the molecule is CC(C)(NC1CCN(c2ccncc2)CC1)C1CC1. The van der Waals surface area contributed by atoms with Crippen LogP contribution in [0.4, 0.5) is 5.69 Å². The second-order valence-electron chi connectivity index (χ2n) is 6.61. The van der Waals surface area contributed by atoms with Gasteiger partial charge in [0.05, 0.1) is 0 Å². The molecule has 1 aliphatic heterocycles. The van der Waals surface area contributed by atoms with Gasteiger partial charge in [0.25, 0.3) is 0 Å². The van der Waals surface area contributed by atoms with Crippen molar-refractivity contribution in [2.75, 3.05) is 18.0 Å². The second-order valence-corrected chi connectivity index (χ2v) is 6.61. The Morgan fingerprint density at radius 2 is 1.74 bits per heavy atom. The number of pyridine rings is 1. The Morgan fingerprint density at radius 1 is 1.11 bits per heavy atom. The standard InChI is InChI=1S/C16H25N3/c1-16(2,13-3-4-13)18-14-7-11-19(12-8-14)15-5-9-17-10-6-15/h5-6,9-10,13-14,18H,3-4,7-8,11-12H2,1-2H3. The smallest absolute Gasteiger partial charge is 0.0397 e. The summed E-state index contributed by atoms with van der Waals surface area (Å²) in [5, 5.41) is 3.89. The van der Waals surface area contributed by atoms with Gasteiger partial charge in [0.1, 0.15) is 0 Å². The lowest BCUT2D eigenvalue weighted by Gasteiger charge is -2.38. The third-order valence-electron chi connectivity index (χ3n) is 4.70. The Kier molecular flexibility index (Phi) is 3.48. The van der Waals surface area contributed by atoms with E-state index in [1.54, 1.807) is 0 Å². The van der Waals surface area contributed by atoms with Gasteiger partial charge in [0, 0.05) is 42.8 Å². The van der Waals surface area contributed by atoms with Gasteiger partial charge < -0.3 is 10.2 Å². The summed E-state index contributed by atoms with van der Waals surface area (Å²) in [5.41, 5.74) is 1.65. The molecule has 0 bridgehead atoms. The Bertz CT molecular complexity index is 403. The lowest BCUT2D eigenvalue weighted by molar-refractivity contribution is 0.269. The fourth-order valence-corrected chi connectivity index (χ4v) is 3.29. The molecule has 2 aliphatic rings. The van der Waals surface area contributed by atoms with Crippen molar-refractivity contribution < 1.29 is 0 Å². The fourth-order valence-electron chi connectivity index (χ4n) is 3.29. The first-order valence-corrected chi connectivity index (χ1v) is 7.58. The van der Waals surface area contributed by atoms with Crippen molar-refractivity contribution in [3.8, 4) is 0 Å². The first-order chi connectivity index (χ1) is 9.15. The van der Waals surface area contributed by atoms with Crippen molar-refractivity contribution >= 4 is 5.69 Å². The fraction of sp³-hybridized carbons (Fsp3) is 0.688. The highest BCUT2D eigenvalue weighted by Gasteiger charge is 2.39. The molecule has 1 aromatic heterocycles. The van der Waals surface area contributed by atoms with E-state index in [4.69, 9.17) is 0 Å². The molecule has 0 aromatic carbocycles. The summed E-state index contributed by atoms with van der Waals surface area (Å²) in [5.74, 6) is 0.908. The molecule has 1 saturated carbocycles. The zero-order valence-electron chi connectivity index (χ0n) is 12.1. The van der Waals surface area contributed by atoms with Crippen molar-refractivity contribution in [1.29, 1.82) is 0 Å². The first-order valence-electron chi connectivity index (χ1n) is 7.58. The van der Waals surface area contributed by atoms with Crippen LogP contribution >= 0.6 is 0 Å². The monoisotopic (exact) mass is 259 g/mol. The highest BCUT2D eigenvalue weighted by atomic mass is 15.2. The number of hydrogen-bond acceptors (Lipinski definition) is 3. The van der Waals surface area contributed by atoms with Gasteiger partial charge in [-0.15, -0.1) is 0 Å². The molecule has 0 spiro atoms. The zero-order chi connectivity index (χ0) is 13.3. The molecule has 1 saturated heterocycles. The van der Waals surface area contributed by atoms with E-state index in [0.29, 0.717) is 11.6 Å². The number of nitrogens with zero attached hydrogens (tertiary/aromatic N) is 2. The molecule has 2 fully saturated rings. The van der Waals surface area contributed by atoms with Gasteiger partial charge in [-0.1, -0.05) is 0 Å². The van der Waals surface area contributed by atoms with Crippen LogP contribution in [0.2, 0.25) is 0 Å². The number of rotatable bonds is 4. The molecule has 104 valence electrons. The van der Waals surface area contributed by atoms with E-state index in [9.17, 15) is 0 Å². The van der Waals surface area contributed by atoms with Gasteiger partial charge in [0.15, 0.2) is 0 Å².